The second kappa shape index (κ2) is 17.6. The molecule has 0 aliphatic rings. The molecule has 1 rings (SSSR count). The summed E-state index contributed by atoms with van der Waals surface area (Å²) in [4.78, 5) is 0. The van der Waals surface area contributed by atoms with Gasteiger partial charge in [-0.3, -0.25) is 0 Å². The molecule has 0 fully saturated rings. The number of benzene rings is 1. The van der Waals surface area contributed by atoms with Gasteiger partial charge in [0.25, 0.3) is 0 Å². The number of unbranched alkanes of at least 4 members (excludes halogenated alkanes) is 9. The molecule has 0 radical (unpaired) electrons. The van der Waals surface area contributed by atoms with Gasteiger partial charge in [-0.1, -0.05) is 63.1 Å². The van der Waals surface area contributed by atoms with Crippen molar-refractivity contribution >= 4 is 0 Å². The molecular formula is C24H44BrNO. The zero-order valence-corrected chi connectivity index (χ0v) is 19.8. The largest absolute Gasteiger partial charge is 1.00 e. The molecule has 0 aliphatic heterocycles. The third-order valence-corrected chi connectivity index (χ3v) is 6.05. The Morgan fingerprint density at radius 2 is 1.07 bits per heavy atom. The maximum atomic E-state index is 5.74. The van der Waals surface area contributed by atoms with Crippen LogP contribution in [0, 0.1) is 0 Å². The SMILES string of the molecule is CC[N+](CC)(CC)CCCCCCCCCCCCOc1ccccc1.[Br-]. The van der Waals surface area contributed by atoms with E-state index in [2.05, 4.69) is 20.8 Å². The minimum Gasteiger partial charge on any atom is -1.00 e. The fraction of sp³-hybridized carbons (Fsp3) is 0.750. The monoisotopic (exact) mass is 441 g/mol. The average molecular weight is 443 g/mol. The van der Waals surface area contributed by atoms with Gasteiger partial charge in [-0.05, 0) is 52.2 Å². The fourth-order valence-corrected chi connectivity index (χ4v) is 3.82. The van der Waals surface area contributed by atoms with Crippen LogP contribution in [0.3, 0.4) is 0 Å². The van der Waals surface area contributed by atoms with Crippen LogP contribution in [0.4, 0.5) is 0 Å². The van der Waals surface area contributed by atoms with E-state index in [0.717, 1.165) is 12.4 Å². The number of nitrogens with zero attached hydrogens (tertiary/aromatic N) is 1. The Morgan fingerprint density at radius 1 is 0.630 bits per heavy atom. The Bertz CT molecular complexity index is 411. The highest BCUT2D eigenvalue weighted by Crippen LogP contribution is 2.14. The third-order valence-electron chi connectivity index (χ3n) is 6.05. The summed E-state index contributed by atoms with van der Waals surface area (Å²) < 4.78 is 7.05. The van der Waals surface area contributed by atoms with Gasteiger partial charge in [0, 0.05) is 0 Å². The first-order valence-corrected chi connectivity index (χ1v) is 11.3. The van der Waals surface area contributed by atoms with Crippen molar-refractivity contribution in [2.24, 2.45) is 0 Å². The highest BCUT2D eigenvalue weighted by Gasteiger charge is 2.19. The Balaban J connectivity index is 0.00000676. The molecule has 0 heterocycles. The second-order valence-corrected chi connectivity index (χ2v) is 7.71. The van der Waals surface area contributed by atoms with Crippen LogP contribution in [0.5, 0.6) is 5.75 Å². The summed E-state index contributed by atoms with van der Waals surface area (Å²) in [6.07, 6.45) is 13.8. The zero-order valence-electron chi connectivity index (χ0n) is 18.2. The van der Waals surface area contributed by atoms with Gasteiger partial charge in [0.2, 0.25) is 0 Å². The Labute approximate surface area is 180 Å². The maximum absolute atomic E-state index is 5.74. The summed E-state index contributed by atoms with van der Waals surface area (Å²) in [6, 6.07) is 10.2. The molecular weight excluding hydrogens is 398 g/mol. The smallest absolute Gasteiger partial charge is 0.119 e. The molecule has 0 saturated carbocycles. The molecule has 158 valence electrons. The van der Waals surface area contributed by atoms with Crippen LogP contribution in [0.25, 0.3) is 0 Å². The maximum Gasteiger partial charge on any atom is 0.119 e. The van der Waals surface area contributed by atoms with E-state index in [1.807, 2.05) is 30.3 Å². The zero-order chi connectivity index (χ0) is 18.9. The number of hydrogen-bond acceptors (Lipinski definition) is 1. The molecule has 0 N–H and O–H groups in total. The number of hydrogen-bond donors (Lipinski definition) is 0. The van der Waals surface area contributed by atoms with Crippen LogP contribution in [0.2, 0.25) is 0 Å². The van der Waals surface area contributed by atoms with Gasteiger partial charge in [-0.2, -0.15) is 0 Å². The van der Waals surface area contributed by atoms with Crippen molar-refractivity contribution in [1.29, 1.82) is 0 Å². The lowest BCUT2D eigenvalue weighted by Crippen LogP contribution is -3.00. The normalized spacial score (nSPS) is 11.2. The van der Waals surface area contributed by atoms with Crippen LogP contribution < -0.4 is 21.7 Å². The van der Waals surface area contributed by atoms with Gasteiger partial charge in [-0.15, -0.1) is 0 Å². The predicted octanol–water partition coefficient (Wildman–Crippen LogP) is 3.85. The summed E-state index contributed by atoms with van der Waals surface area (Å²) in [7, 11) is 0. The van der Waals surface area contributed by atoms with E-state index < -0.39 is 0 Å². The van der Waals surface area contributed by atoms with E-state index >= 15 is 0 Å². The second-order valence-electron chi connectivity index (χ2n) is 7.71. The number of quaternary nitrogens is 1. The first-order chi connectivity index (χ1) is 12.8. The molecule has 27 heavy (non-hydrogen) atoms. The van der Waals surface area contributed by atoms with Crippen molar-refractivity contribution in [3.8, 4) is 5.75 Å². The minimum atomic E-state index is 0. The highest BCUT2D eigenvalue weighted by molar-refractivity contribution is 5.20. The van der Waals surface area contributed by atoms with Crippen LogP contribution in [-0.4, -0.2) is 37.3 Å². The molecule has 0 aromatic heterocycles. The molecule has 3 heteroatoms. The minimum absolute atomic E-state index is 0. The van der Waals surface area contributed by atoms with Crippen molar-refractivity contribution in [2.45, 2.75) is 85.0 Å². The molecule has 1 aromatic rings. The fourth-order valence-electron chi connectivity index (χ4n) is 3.82. The molecule has 0 saturated heterocycles. The summed E-state index contributed by atoms with van der Waals surface area (Å²) >= 11 is 0. The average Bonchev–Trinajstić information content (AvgIpc) is 2.70. The number of para-hydroxylation sites is 1. The van der Waals surface area contributed by atoms with Gasteiger partial charge in [-0.25, -0.2) is 0 Å². The first kappa shape index (κ1) is 26.5. The van der Waals surface area contributed by atoms with Gasteiger partial charge in [0.15, 0.2) is 0 Å². The molecule has 0 bridgehead atoms. The van der Waals surface area contributed by atoms with Crippen molar-refractivity contribution in [2.75, 3.05) is 32.8 Å². The Kier molecular flexibility index (Phi) is 17.2. The van der Waals surface area contributed by atoms with Crippen molar-refractivity contribution in [3.05, 3.63) is 30.3 Å². The van der Waals surface area contributed by atoms with Crippen LogP contribution >= 0.6 is 0 Å². The third kappa shape index (κ3) is 12.5. The van der Waals surface area contributed by atoms with Gasteiger partial charge < -0.3 is 26.2 Å². The van der Waals surface area contributed by atoms with Crippen LogP contribution in [-0.2, 0) is 0 Å². The summed E-state index contributed by atoms with van der Waals surface area (Å²) in [5, 5.41) is 0. The van der Waals surface area contributed by atoms with Gasteiger partial charge >= 0.3 is 0 Å². The standard InChI is InChI=1S/C24H44NO.BrH/c1-4-25(5-2,6-3)22-18-13-11-9-7-8-10-12-14-19-23-26-24-20-16-15-17-21-24;/h15-17,20-21H,4-14,18-19,22-23H2,1-3H3;1H/q+1;/p-1. The molecule has 0 amide bonds. The predicted molar refractivity (Wildman–Crippen MR) is 115 cm³/mol. The number of ether oxygens (including phenoxy) is 1. The van der Waals surface area contributed by atoms with Gasteiger partial charge in [0.1, 0.15) is 5.75 Å². The van der Waals surface area contributed by atoms with Crippen LogP contribution in [0.1, 0.15) is 85.0 Å². The summed E-state index contributed by atoms with van der Waals surface area (Å²) in [5.41, 5.74) is 0. The molecule has 0 aliphatic carbocycles. The van der Waals surface area contributed by atoms with Crippen molar-refractivity contribution < 1.29 is 26.2 Å². The molecule has 0 unspecified atom stereocenters. The summed E-state index contributed by atoms with van der Waals surface area (Å²) in [5.74, 6) is 1.00. The quantitative estimate of drug-likeness (QED) is 0.263. The molecule has 1 aromatic carbocycles. The summed E-state index contributed by atoms with van der Waals surface area (Å²) in [6.45, 7) is 13.2. The van der Waals surface area contributed by atoms with E-state index in [1.54, 1.807) is 0 Å². The van der Waals surface area contributed by atoms with Crippen molar-refractivity contribution in [3.63, 3.8) is 0 Å². The van der Waals surface area contributed by atoms with E-state index in [4.69, 9.17) is 4.74 Å². The lowest BCUT2D eigenvalue weighted by atomic mass is 10.1. The number of halogens is 1. The lowest BCUT2D eigenvalue weighted by Gasteiger charge is -2.35. The molecule has 2 nitrogen and oxygen atoms in total. The van der Waals surface area contributed by atoms with Crippen molar-refractivity contribution in [1.82, 2.24) is 0 Å². The highest BCUT2D eigenvalue weighted by atomic mass is 79.9. The van der Waals surface area contributed by atoms with E-state index in [-0.39, 0.29) is 17.0 Å². The topological polar surface area (TPSA) is 9.23 Å². The van der Waals surface area contributed by atoms with Crippen LogP contribution in [0.15, 0.2) is 30.3 Å². The number of rotatable bonds is 17. The van der Waals surface area contributed by atoms with E-state index in [1.165, 1.54) is 94.9 Å². The molecule has 0 atom stereocenters. The lowest BCUT2D eigenvalue weighted by molar-refractivity contribution is -0.923. The Morgan fingerprint density at radius 3 is 1.56 bits per heavy atom. The molecule has 0 spiro atoms. The van der Waals surface area contributed by atoms with E-state index in [0.29, 0.717) is 0 Å². The first-order valence-electron chi connectivity index (χ1n) is 11.3. The van der Waals surface area contributed by atoms with E-state index in [9.17, 15) is 0 Å². The Hall–Kier alpha value is -0.540. The van der Waals surface area contributed by atoms with Gasteiger partial charge in [0.05, 0.1) is 32.8 Å².